The number of halogens is 3. The Labute approximate surface area is 101 Å². The average molecular weight is 242 g/mol. The molecule has 1 aliphatic carbocycles. The highest BCUT2D eigenvalue weighted by molar-refractivity contribution is 5.47. The zero-order valence-electron chi connectivity index (χ0n) is 10.6. The number of hydrogen-bond acceptors (Lipinski definition) is 0. The SMILES string of the molecule is CC1=C(C#CC(C)(C)C)CCC=C1C(F)(F)F. The zero-order valence-corrected chi connectivity index (χ0v) is 10.6. The maximum atomic E-state index is 12.7. The van der Waals surface area contributed by atoms with Crippen LogP contribution in [-0.4, -0.2) is 6.18 Å². The van der Waals surface area contributed by atoms with E-state index >= 15 is 0 Å². The predicted octanol–water partition coefficient (Wildman–Crippen LogP) is 4.63. The third-order valence-electron chi connectivity index (χ3n) is 2.49. The zero-order chi connectivity index (χ0) is 13.3. The van der Waals surface area contributed by atoms with Crippen LogP contribution in [0.4, 0.5) is 13.2 Å². The van der Waals surface area contributed by atoms with Crippen molar-refractivity contribution in [1.29, 1.82) is 0 Å². The molecule has 0 spiro atoms. The minimum atomic E-state index is -4.26. The molecule has 0 amide bonds. The van der Waals surface area contributed by atoms with Gasteiger partial charge in [-0.3, -0.25) is 0 Å². The first-order valence-corrected chi connectivity index (χ1v) is 5.62. The maximum absolute atomic E-state index is 12.7. The summed E-state index contributed by atoms with van der Waals surface area (Å²) < 4.78 is 38.1. The van der Waals surface area contributed by atoms with E-state index in [-0.39, 0.29) is 11.0 Å². The van der Waals surface area contributed by atoms with E-state index in [1.165, 1.54) is 13.0 Å². The molecule has 0 radical (unpaired) electrons. The Morgan fingerprint density at radius 1 is 1.18 bits per heavy atom. The lowest BCUT2D eigenvalue weighted by molar-refractivity contribution is -0.0898. The molecule has 0 saturated carbocycles. The third-order valence-corrected chi connectivity index (χ3v) is 2.49. The fourth-order valence-electron chi connectivity index (χ4n) is 1.61. The van der Waals surface area contributed by atoms with Crippen molar-refractivity contribution >= 4 is 0 Å². The molecule has 1 rings (SSSR count). The van der Waals surface area contributed by atoms with Crippen LogP contribution in [0.3, 0.4) is 0 Å². The van der Waals surface area contributed by atoms with Crippen LogP contribution in [0.5, 0.6) is 0 Å². The fourth-order valence-corrected chi connectivity index (χ4v) is 1.61. The molecule has 0 aromatic heterocycles. The Balaban J connectivity index is 3.08. The quantitative estimate of drug-likeness (QED) is 0.543. The molecule has 0 bridgehead atoms. The van der Waals surface area contributed by atoms with Gasteiger partial charge in [-0.05, 0) is 46.1 Å². The van der Waals surface area contributed by atoms with Crippen molar-refractivity contribution in [3.8, 4) is 11.8 Å². The number of rotatable bonds is 0. The molecule has 0 aromatic rings. The molecule has 0 atom stereocenters. The summed E-state index contributed by atoms with van der Waals surface area (Å²) in [6, 6.07) is 0. The van der Waals surface area contributed by atoms with Crippen LogP contribution in [0.15, 0.2) is 22.8 Å². The smallest absolute Gasteiger partial charge is 0.166 e. The minimum absolute atomic E-state index is 0.188. The monoisotopic (exact) mass is 242 g/mol. The van der Waals surface area contributed by atoms with Crippen molar-refractivity contribution < 1.29 is 13.2 Å². The van der Waals surface area contributed by atoms with E-state index in [0.717, 1.165) is 0 Å². The van der Waals surface area contributed by atoms with Crippen molar-refractivity contribution in [2.24, 2.45) is 5.41 Å². The molecule has 94 valence electrons. The van der Waals surface area contributed by atoms with Gasteiger partial charge in [-0.1, -0.05) is 17.9 Å². The highest BCUT2D eigenvalue weighted by Crippen LogP contribution is 2.36. The van der Waals surface area contributed by atoms with Gasteiger partial charge >= 0.3 is 6.18 Å². The Kier molecular flexibility index (Phi) is 3.76. The maximum Gasteiger partial charge on any atom is 0.416 e. The van der Waals surface area contributed by atoms with Gasteiger partial charge in [0, 0.05) is 11.0 Å². The lowest BCUT2D eigenvalue weighted by Gasteiger charge is -2.19. The van der Waals surface area contributed by atoms with E-state index in [0.29, 0.717) is 18.4 Å². The Hall–Kier alpha value is -1.17. The van der Waals surface area contributed by atoms with Gasteiger partial charge in [0.15, 0.2) is 0 Å². The van der Waals surface area contributed by atoms with E-state index in [9.17, 15) is 13.2 Å². The minimum Gasteiger partial charge on any atom is -0.166 e. The van der Waals surface area contributed by atoms with Crippen molar-refractivity contribution in [1.82, 2.24) is 0 Å². The van der Waals surface area contributed by atoms with E-state index < -0.39 is 11.7 Å². The second-order valence-corrected chi connectivity index (χ2v) is 5.26. The van der Waals surface area contributed by atoms with E-state index in [2.05, 4.69) is 11.8 Å². The molecule has 0 fully saturated rings. The molecule has 0 aromatic carbocycles. The Bertz CT molecular complexity index is 417. The van der Waals surface area contributed by atoms with Crippen LogP contribution in [-0.2, 0) is 0 Å². The molecule has 3 heteroatoms. The number of allylic oxidation sites excluding steroid dienone is 4. The van der Waals surface area contributed by atoms with Gasteiger partial charge in [0.2, 0.25) is 0 Å². The summed E-state index contributed by atoms with van der Waals surface area (Å²) in [4.78, 5) is 0. The number of hydrogen-bond donors (Lipinski definition) is 0. The van der Waals surface area contributed by atoms with Crippen molar-refractivity contribution in [2.45, 2.75) is 46.7 Å². The van der Waals surface area contributed by atoms with Crippen LogP contribution < -0.4 is 0 Å². The molecule has 0 aliphatic heterocycles. The highest BCUT2D eigenvalue weighted by Gasteiger charge is 2.36. The van der Waals surface area contributed by atoms with Crippen LogP contribution >= 0.6 is 0 Å². The van der Waals surface area contributed by atoms with E-state index in [1.807, 2.05) is 20.8 Å². The van der Waals surface area contributed by atoms with E-state index in [4.69, 9.17) is 0 Å². The first-order valence-electron chi connectivity index (χ1n) is 5.62. The lowest BCUT2D eigenvalue weighted by Crippen LogP contribution is -2.16. The predicted molar refractivity (Wildman–Crippen MR) is 63.3 cm³/mol. The van der Waals surface area contributed by atoms with Crippen LogP contribution in [0.25, 0.3) is 0 Å². The Morgan fingerprint density at radius 2 is 1.76 bits per heavy atom. The van der Waals surface area contributed by atoms with Crippen molar-refractivity contribution in [3.63, 3.8) is 0 Å². The van der Waals surface area contributed by atoms with Gasteiger partial charge in [0.1, 0.15) is 0 Å². The average Bonchev–Trinajstić information content (AvgIpc) is 2.13. The molecule has 0 saturated heterocycles. The summed E-state index contributed by atoms with van der Waals surface area (Å²) in [5.74, 6) is 5.89. The Morgan fingerprint density at radius 3 is 2.24 bits per heavy atom. The van der Waals surface area contributed by atoms with Gasteiger partial charge in [0.05, 0.1) is 5.57 Å². The van der Waals surface area contributed by atoms with Crippen LogP contribution in [0.2, 0.25) is 0 Å². The molecule has 0 N–H and O–H groups in total. The molecule has 17 heavy (non-hydrogen) atoms. The fraction of sp³-hybridized carbons (Fsp3) is 0.571. The molecular formula is C14H17F3. The summed E-state index contributed by atoms with van der Waals surface area (Å²) in [5, 5.41) is 0. The molecule has 1 aliphatic rings. The lowest BCUT2D eigenvalue weighted by atomic mass is 9.90. The van der Waals surface area contributed by atoms with Gasteiger partial charge in [-0.2, -0.15) is 13.2 Å². The molecule has 0 heterocycles. The summed E-state index contributed by atoms with van der Waals surface area (Å²) in [6.07, 6.45) is -1.98. The molecular weight excluding hydrogens is 225 g/mol. The van der Waals surface area contributed by atoms with Gasteiger partial charge in [0.25, 0.3) is 0 Å². The van der Waals surface area contributed by atoms with Crippen LogP contribution in [0.1, 0.15) is 40.5 Å². The summed E-state index contributed by atoms with van der Waals surface area (Å²) in [7, 11) is 0. The van der Waals surface area contributed by atoms with Gasteiger partial charge in [-0.15, -0.1) is 0 Å². The summed E-state index contributed by atoms with van der Waals surface area (Å²) in [5.41, 5.74) is 0.185. The summed E-state index contributed by atoms with van der Waals surface area (Å²) in [6.45, 7) is 7.34. The highest BCUT2D eigenvalue weighted by atomic mass is 19.4. The standard InChI is InChI=1S/C14H17F3/c1-10-11(8-9-13(2,3)4)6-5-7-12(10)14(15,16)17/h7H,5-6H2,1-4H3. The van der Waals surface area contributed by atoms with E-state index in [1.54, 1.807) is 0 Å². The van der Waals surface area contributed by atoms with Crippen molar-refractivity contribution in [3.05, 3.63) is 22.8 Å². The summed E-state index contributed by atoms with van der Waals surface area (Å²) >= 11 is 0. The first kappa shape index (κ1) is 13.9. The van der Waals surface area contributed by atoms with Crippen LogP contribution in [0, 0.1) is 17.3 Å². The topological polar surface area (TPSA) is 0 Å². The normalized spacial score (nSPS) is 17.5. The van der Waals surface area contributed by atoms with Gasteiger partial charge < -0.3 is 0 Å². The molecule has 0 unspecified atom stereocenters. The second kappa shape index (κ2) is 4.60. The second-order valence-electron chi connectivity index (χ2n) is 5.26. The largest absolute Gasteiger partial charge is 0.416 e. The molecule has 0 nitrogen and oxygen atoms in total. The third kappa shape index (κ3) is 3.96. The first-order chi connectivity index (χ1) is 7.61. The van der Waals surface area contributed by atoms with Gasteiger partial charge in [-0.25, -0.2) is 0 Å². The number of alkyl halides is 3. The van der Waals surface area contributed by atoms with Crippen molar-refractivity contribution in [2.75, 3.05) is 0 Å².